The largest absolute Gasteiger partial charge is 0.487 e. The van der Waals surface area contributed by atoms with Crippen molar-refractivity contribution < 1.29 is 32.4 Å². The van der Waals surface area contributed by atoms with Gasteiger partial charge in [-0.05, 0) is 49.4 Å². The number of nitro groups is 1. The monoisotopic (exact) mass is 593 g/mol. The molecule has 0 saturated carbocycles. The quantitative estimate of drug-likeness (QED) is 0.228. The third-order valence-corrected chi connectivity index (χ3v) is 5.53. The second-order valence-corrected chi connectivity index (χ2v) is 8.74. The summed E-state index contributed by atoms with van der Waals surface area (Å²) in [5.41, 5.74) is -0.528. The van der Waals surface area contributed by atoms with Crippen molar-refractivity contribution in [3.8, 4) is 17.2 Å². The van der Waals surface area contributed by atoms with Gasteiger partial charge in [-0.3, -0.25) is 10.1 Å². The lowest BCUT2D eigenvalue weighted by Gasteiger charge is -2.12. The first-order valence-corrected chi connectivity index (χ1v) is 11.8. The number of amides is 2. The molecule has 38 heavy (non-hydrogen) atoms. The molecule has 204 valence electrons. The number of nitrogens with zero attached hydrogens (tertiary/aromatic N) is 2. The highest BCUT2D eigenvalue weighted by Crippen LogP contribution is 2.38. The standard InChI is InChI=1S/C15H11ClF3NO4.C9H10Cl2N2O/c1-2-23-14-8-10(4-5-12(14)20(21)22)24-13-6-3-9(7-11(13)16)15(17,18)19;1-13(2)9(14)12-6-3-4-7(10)8(11)5-6/h3-8H,2H2,1H3;3-5H,1-2H3,(H,12,14). The molecule has 3 aromatic carbocycles. The SMILES string of the molecule is CCOc1cc(Oc2ccc(C(F)(F)F)cc2Cl)ccc1[N+](=O)[O-].CN(C)C(=O)Nc1ccc(Cl)c(Cl)c1. The second kappa shape index (κ2) is 13.4. The van der Waals surface area contributed by atoms with Crippen molar-refractivity contribution in [2.75, 3.05) is 26.0 Å². The Hall–Kier alpha value is -3.41. The number of urea groups is 1. The molecular weight excluding hydrogens is 574 g/mol. The molecule has 0 aliphatic carbocycles. The maximum atomic E-state index is 12.6. The summed E-state index contributed by atoms with van der Waals surface area (Å²) in [7, 11) is 3.32. The minimum Gasteiger partial charge on any atom is -0.487 e. The number of ether oxygens (including phenoxy) is 2. The molecule has 8 nitrogen and oxygen atoms in total. The zero-order valence-corrected chi connectivity index (χ0v) is 22.4. The number of nitrogens with one attached hydrogen (secondary N) is 1. The van der Waals surface area contributed by atoms with Gasteiger partial charge in [-0.2, -0.15) is 13.2 Å². The topological polar surface area (TPSA) is 93.9 Å². The molecule has 0 aliphatic rings. The van der Waals surface area contributed by atoms with Crippen molar-refractivity contribution in [1.82, 2.24) is 4.90 Å². The number of hydrogen-bond acceptors (Lipinski definition) is 5. The minimum absolute atomic E-state index is 0.0111. The van der Waals surface area contributed by atoms with E-state index in [2.05, 4.69) is 5.32 Å². The first kappa shape index (κ1) is 30.8. The summed E-state index contributed by atoms with van der Waals surface area (Å²) < 4.78 is 48.4. The number of anilines is 1. The second-order valence-electron chi connectivity index (χ2n) is 7.52. The first-order chi connectivity index (χ1) is 17.7. The summed E-state index contributed by atoms with van der Waals surface area (Å²) in [6.07, 6.45) is -4.52. The molecule has 0 saturated heterocycles. The first-order valence-electron chi connectivity index (χ1n) is 10.6. The molecule has 3 aromatic rings. The normalized spacial score (nSPS) is 10.7. The average molecular weight is 595 g/mol. The fourth-order valence-corrected chi connectivity index (χ4v) is 3.19. The third-order valence-electron chi connectivity index (χ3n) is 4.49. The number of nitro benzene ring substituents is 1. The fraction of sp³-hybridized carbons (Fsp3) is 0.208. The number of alkyl halides is 3. The number of halogens is 6. The van der Waals surface area contributed by atoms with Crippen molar-refractivity contribution in [3.63, 3.8) is 0 Å². The Morgan fingerprint density at radius 1 is 0.974 bits per heavy atom. The van der Waals surface area contributed by atoms with Crippen molar-refractivity contribution in [1.29, 1.82) is 0 Å². The van der Waals surface area contributed by atoms with Gasteiger partial charge in [0.05, 0.1) is 32.2 Å². The van der Waals surface area contributed by atoms with Crippen LogP contribution in [-0.2, 0) is 6.18 Å². The van der Waals surface area contributed by atoms with Crippen LogP contribution >= 0.6 is 34.8 Å². The summed E-state index contributed by atoms with van der Waals surface area (Å²) >= 11 is 17.3. The van der Waals surface area contributed by atoms with Crippen LogP contribution in [0.25, 0.3) is 0 Å². The third kappa shape index (κ3) is 8.86. The number of carbonyl (C=O) groups excluding carboxylic acids is 1. The lowest BCUT2D eigenvalue weighted by atomic mass is 10.2. The van der Waals surface area contributed by atoms with Crippen LogP contribution in [0.2, 0.25) is 15.1 Å². The Labute approximate surface area is 230 Å². The molecule has 0 spiro atoms. The average Bonchev–Trinajstić information content (AvgIpc) is 2.82. The molecule has 0 aromatic heterocycles. The summed E-state index contributed by atoms with van der Waals surface area (Å²) in [6.45, 7) is 1.86. The Bertz CT molecular complexity index is 1310. The van der Waals surface area contributed by atoms with Gasteiger partial charge in [0, 0.05) is 31.9 Å². The zero-order valence-electron chi connectivity index (χ0n) is 20.1. The van der Waals surface area contributed by atoms with Crippen molar-refractivity contribution in [2.45, 2.75) is 13.1 Å². The van der Waals surface area contributed by atoms with Crippen LogP contribution in [0.4, 0.5) is 29.3 Å². The molecule has 2 amide bonds. The van der Waals surface area contributed by atoms with Gasteiger partial charge in [-0.25, -0.2) is 4.79 Å². The Morgan fingerprint density at radius 2 is 1.66 bits per heavy atom. The van der Waals surface area contributed by atoms with Crippen LogP contribution in [0.3, 0.4) is 0 Å². The highest BCUT2D eigenvalue weighted by atomic mass is 35.5. The van der Waals surface area contributed by atoms with Crippen molar-refractivity contribution in [3.05, 3.63) is 85.3 Å². The van der Waals surface area contributed by atoms with Gasteiger partial charge in [0.2, 0.25) is 5.75 Å². The van der Waals surface area contributed by atoms with Gasteiger partial charge < -0.3 is 19.7 Å². The van der Waals surface area contributed by atoms with Gasteiger partial charge in [-0.15, -0.1) is 0 Å². The van der Waals surface area contributed by atoms with E-state index in [9.17, 15) is 28.1 Å². The molecule has 0 heterocycles. The van der Waals surface area contributed by atoms with Crippen LogP contribution < -0.4 is 14.8 Å². The number of carbonyl (C=O) groups is 1. The van der Waals surface area contributed by atoms with Gasteiger partial charge in [0.15, 0.2) is 0 Å². The lowest BCUT2D eigenvalue weighted by Crippen LogP contribution is -2.27. The van der Waals surface area contributed by atoms with Gasteiger partial charge in [-0.1, -0.05) is 34.8 Å². The molecule has 14 heteroatoms. The number of rotatable bonds is 6. The van der Waals surface area contributed by atoms with E-state index in [1.54, 1.807) is 39.2 Å². The van der Waals surface area contributed by atoms with Crippen LogP contribution in [0.15, 0.2) is 54.6 Å². The summed E-state index contributed by atoms with van der Waals surface area (Å²) in [5.74, 6) is 0.120. The Kier molecular flexibility index (Phi) is 10.9. The smallest absolute Gasteiger partial charge is 0.416 e. The van der Waals surface area contributed by atoms with E-state index in [4.69, 9.17) is 44.3 Å². The minimum atomic E-state index is -4.52. The summed E-state index contributed by atoms with van der Waals surface area (Å²) in [5, 5.41) is 14.2. The van der Waals surface area contributed by atoms with E-state index in [0.717, 1.165) is 18.2 Å². The highest BCUT2D eigenvalue weighted by Gasteiger charge is 2.31. The van der Waals surface area contributed by atoms with E-state index in [1.807, 2.05) is 0 Å². The molecular formula is C24H21Cl3F3N3O5. The highest BCUT2D eigenvalue weighted by molar-refractivity contribution is 6.42. The molecule has 0 radical (unpaired) electrons. The van der Waals surface area contributed by atoms with Crippen LogP contribution in [0, 0.1) is 10.1 Å². The fourth-order valence-electron chi connectivity index (χ4n) is 2.68. The molecule has 0 unspecified atom stereocenters. The van der Waals surface area contributed by atoms with Gasteiger partial charge in [0.25, 0.3) is 0 Å². The predicted molar refractivity (Wildman–Crippen MR) is 140 cm³/mol. The zero-order chi connectivity index (χ0) is 28.6. The number of hydrogen-bond donors (Lipinski definition) is 1. The van der Waals surface area contributed by atoms with Gasteiger partial charge in [0.1, 0.15) is 11.5 Å². The Morgan fingerprint density at radius 3 is 2.18 bits per heavy atom. The lowest BCUT2D eigenvalue weighted by molar-refractivity contribution is -0.385. The van der Waals surface area contributed by atoms with Crippen LogP contribution in [0.5, 0.6) is 17.2 Å². The molecule has 0 aliphatic heterocycles. The van der Waals surface area contributed by atoms with Gasteiger partial charge >= 0.3 is 17.9 Å². The van der Waals surface area contributed by atoms with E-state index >= 15 is 0 Å². The van der Waals surface area contributed by atoms with E-state index in [1.165, 1.54) is 23.1 Å². The number of benzene rings is 3. The summed E-state index contributed by atoms with van der Waals surface area (Å²) in [4.78, 5) is 23.0. The molecule has 1 N–H and O–H groups in total. The van der Waals surface area contributed by atoms with Crippen molar-refractivity contribution >= 4 is 52.2 Å². The summed E-state index contributed by atoms with van der Waals surface area (Å²) in [6, 6.07) is 11.1. The maximum Gasteiger partial charge on any atom is 0.416 e. The van der Waals surface area contributed by atoms with Crippen LogP contribution in [0.1, 0.15) is 12.5 Å². The molecule has 0 atom stereocenters. The maximum absolute atomic E-state index is 12.6. The van der Waals surface area contributed by atoms with E-state index in [0.29, 0.717) is 15.7 Å². The molecule has 0 fully saturated rings. The predicted octanol–water partition coefficient (Wildman–Crippen LogP) is 8.54. The van der Waals surface area contributed by atoms with Crippen LogP contribution in [-0.4, -0.2) is 36.6 Å². The molecule has 0 bridgehead atoms. The van der Waals surface area contributed by atoms with E-state index in [-0.39, 0.29) is 40.6 Å². The van der Waals surface area contributed by atoms with E-state index < -0.39 is 16.7 Å². The molecule has 3 rings (SSSR count). The Balaban J connectivity index is 0.000000308. The van der Waals surface area contributed by atoms with Crippen molar-refractivity contribution in [2.24, 2.45) is 0 Å².